The van der Waals surface area contributed by atoms with Gasteiger partial charge in [-0.25, -0.2) is 4.79 Å². The maximum atomic E-state index is 13.8. The first-order valence-electron chi connectivity index (χ1n) is 5.92. The summed E-state index contributed by atoms with van der Waals surface area (Å²) in [6.07, 6.45) is 1.89. The average molecular weight is 249 g/mol. The quantitative estimate of drug-likeness (QED) is 0.748. The van der Waals surface area contributed by atoms with E-state index in [-0.39, 0.29) is 19.6 Å². The molecule has 1 heterocycles. The third-order valence-corrected chi connectivity index (χ3v) is 3.46. The number of hydrogen-bond donors (Lipinski definition) is 1. The van der Waals surface area contributed by atoms with E-state index in [9.17, 15) is 18.7 Å². The minimum atomic E-state index is -3.83. The van der Waals surface area contributed by atoms with Crippen molar-refractivity contribution in [2.45, 2.75) is 43.8 Å². The molecule has 0 aromatic rings. The maximum absolute atomic E-state index is 13.8. The SMILES string of the molecule is CCOC(=O)C(F)(F)C1(O)CCN(C2CC2)C1. The Morgan fingerprint density at radius 2 is 2.24 bits per heavy atom. The van der Waals surface area contributed by atoms with Gasteiger partial charge in [-0.3, -0.25) is 4.90 Å². The van der Waals surface area contributed by atoms with Crippen molar-refractivity contribution in [1.29, 1.82) is 0 Å². The fourth-order valence-electron chi connectivity index (χ4n) is 2.24. The van der Waals surface area contributed by atoms with Crippen LogP contribution in [0.2, 0.25) is 0 Å². The zero-order valence-electron chi connectivity index (χ0n) is 9.79. The lowest BCUT2D eigenvalue weighted by Gasteiger charge is -2.30. The molecule has 0 amide bonds. The van der Waals surface area contributed by atoms with E-state index in [0.717, 1.165) is 12.8 Å². The van der Waals surface area contributed by atoms with E-state index in [1.807, 2.05) is 4.90 Å². The van der Waals surface area contributed by atoms with Gasteiger partial charge in [0.25, 0.3) is 0 Å². The highest BCUT2D eigenvalue weighted by molar-refractivity contribution is 5.79. The molecule has 2 rings (SSSR count). The molecule has 0 aromatic carbocycles. The lowest BCUT2D eigenvalue weighted by atomic mass is 9.94. The van der Waals surface area contributed by atoms with Gasteiger partial charge in [-0.05, 0) is 26.2 Å². The second-order valence-corrected chi connectivity index (χ2v) is 4.78. The number of halogens is 2. The Morgan fingerprint density at radius 1 is 1.59 bits per heavy atom. The molecule has 1 aliphatic carbocycles. The molecule has 1 saturated heterocycles. The molecule has 6 heteroatoms. The Morgan fingerprint density at radius 3 is 2.76 bits per heavy atom. The Bertz CT molecular complexity index is 320. The number of carbonyl (C=O) groups excluding carboxylic acids is 1. The van der Waals surface area contributed by atoms with Crippen LogP contribution in [0.15, 0.2) is 0 Å². The highest BCUT2D eigenvalue weighted by Gasteiger charge is 2.62. The molecule has 1 saturated carbocycles. The summed E-state index contributed by atoms with van der Waals surface area (Å²) in [5.41, 5.74) is -2.28. The van der Waals surface area contributed by atoms with Crippen LogP contribution >= 0.6 is 0 Å². The van der Waals surface area contributed by atoms with Crippen molar-refractivity contribution in [2.24, 2.45) is 0 Å². The van der Waals surface area contributed by atoms with Gasteiger partial charge >= 0.3 is 11.9 Å². The normalized spacial score (nSPS) is 30.6. The molecule has 1 atom stereocenters. The van der Waals surface area contributed by atoms with Crippen molar-refractivity contribution >= 4 is 5.97 Å². The summed E-state index contributed by atoms with van der Waals surface area (Å²) in [6, 6.07) is 0.307. The van der Waals surface area contributed by atoms with Crippen molar-refractivity contribution in [3.8, 4) is 0 Å². The van der Waals surface area contributed by atoms with Gasteiger partial charge in [0.05, 0.1) is 6.61 Å². The maximum Gasteiger partial charge on any atom is 0.380 e. The van der Waals surface area contributed by atoms with Crippen LogP contribution in [-0.4, -0.2) is 53.2 Å². The van der Waals surface area contributed by atoms with E-state index in [1.165, 1.54) is 6.92 Å². The lowest BCUT2D eigenvalue weighted by molar-refractivity contribution is -0.210. The standard InChI is InChI=1S/C11H17F2NO3/c1-2-17-9(15)11(12,13)10(16)5-6-14(7-10)8-3-4-8/h8,16H,2-7H2,1H3. The molecular weight excluding hydrogens is 232 g/mol. The largest absolute Gasteiger partial charge is 0.461 e. The van der Waals surface area contributed by atoms with Gasteiger partial charge in [0.15, 0.2) is 5.60 Å². The second-order valence-electron chi connectivity index (χ2n) is 4.78. The number of aliphatic hydroxyl groups is 1. The Kier molecular flexibility index (Phi) is 3.12. The van der Waals surface area contributed by atoms with Crippen LogP contribution < -0.4 is 0 Å². The molecule has 17 heavy (non-hydrogen) atoms. The summed E-state index contributed by atoms with van der Waals surface area (Å²) in [4.78, 5) is 13.0. The van der Waals surface area contributed by atoms with Crippen LogP contribution in [0.5, 0.6) is 0 Å². The smallest absolute Gasteiger partial charge is 0.380 e. The number of hydrogen-bond acceptors (Lipinski definition) is 4. The number of likely N-dealkylation sites (tertiary alicyclic amines) is 1. The van der Waals surface area contributed by atoms with Crippen LogP contribution in [0, 0.1) is 0 Å². The fourth-order valence-corrected chi connectivity index (χ4v) is 2.24. The molecule has 0 spiro atoms. The van der Waals surface area contributed by atoms with Crippen LogP contribution in [0.1, 0.15) is 26.2 Å². The summed E-state index contributed by atoms with van der Waals surface area (Å²) >= 11 is 0. The van der Waals surface area contributed by atoms with E-state index in [0.29, 0.717) is 12.6 Å². The van der Waals surface area contributed by atoms with Gasteiger partial charge in [-0.2, -0.15) is 8.78 Å². The van der Waals surface area contributed by atoms with E-state index >= 15 is 0 Å². The number of β-amino-alcohol motifs (C(OH)–C–C–N with tert-alkyl or cyclic N) is 1. The van der Waals surface area contributed by atoms with Crippen LogP contribution in [-0.2, 0) is 9.53 Å². The first-order valence-corrected chi connectivity index (χ1v) is 5.92. The highest BCUT2D eigenvalue weighted by Crippen LogP contribution is 2.41. The number of esters is 1. The molecule has 0 aromatic heterocycles. The minimum Gasteiger partial charge on any atom is -0.461 e. The summed E-state index contributed by atoms with van der Waals surface area (Å²) in [5, 5.41) is 9.97. The Labute approximate surface area is 98.5 Å². The fraction of sp³-hybridized carbons (Fsp3) is 0.909. The average Bonchev–Trinajstić information content (AvgIpc) is 3.03. The van der Waals surface area contributed by atoms with Gasteiger partial charge in [0, 0.05) is 19.1 Å². The number of carbonyl (C=O) groups is 1. The van der Waals surface area contributed by atoms with Gasteiger partial charge in [0.1, 0.15) is 0 Å². The van der Waals surface area contributed by atoms with Crippen LogP contribution in [0.25, 0.3) is 0 Å². The van der Waals surface area contributed by atoms with Crippen LogP contribution in [0.4, 0.5) is 8.78 Å². The zero-order chi connectivity index (χ0) is 12.7. The first-order chi connectivity index (χ1) is 7.90. The van der Waals surface area contributed by atoms with E-state index in [4.69, 9.17) is 0 Å². The highest BCUT2D eigenvalue weighted by atomic mass is 19.3. The summed E-state index contributed by atoms with van der Waals surface area (Å²) in [6.45, 7) is 1.61. The molecule has 1 unspecified atom stereocenters. The van der Waals surface area contributed by atoms with Crippen molar-refractivity contribution in [3.05, 3.63) is 0 Å². The minimum absolute atomic E-state index is 0.0880. The molecule has 2 fully saturated rings. The molecule has 0 radical (unpaired) electrons. The molecular formula is C11H17F2NO3. The second kappa shape index (κ2) is 4.17. The predicted molar refractivity (Wildman–Crippen MR) is 55.7 cm³/mol. The third-order valence-electron chi connectivity index (χ3n) is 3.46. The lowest BCUT2D eigenvalue weighted by Crippen LogP contribution is -2.55. The first kappa shape index (κ1) is 12.7. The van der Waals surface area contributed by atoms with E-state index < -0.39 is 17.5 Å². The van der Waals surface area contributed by atoms with Crippen molar-refractivity contribution in [2.75, 3.05) is 19.7 Å². The predicted octanol–water partition coefficient (Wildman–Crippen LogP) is 0.784. The molecule has 98 valence electrons. The van der Waals surface area contributed by atoms with Gasteiger partial charge < -0.3 is 9.84 Å². The number of nitrogens with zero attached hydrogens (tertiary/aromatic N) is 1. The van der Waals surface area contributed by atoms with Crippen molar-refractivity contribution < 1.29 is 23.4 Å². The zero-order valence-corrected chi connectivity index (χ0v) is 9.79. The topological polar surface area (TPSA) is 49.8 Å². The number of rotatable bonds is 4. The molecule has 4 nitrogen and oxygen atoms in total. The number of alkyl halides is 2. The van der Waals surface area contributed by atoms with E-state index in [2.05, 4.69) is 4.74 Å². The summed E-state index contributed by atoms with van der Waals surface area (Å²) in [5.74, 6) is -5.45. The Balaban J connectivity index is 2.06. The van der Waals surface area contributed by atoms with Crippen molar-refractivity contribution in [1.82, 2.24) is 4.90 Å². The molecule has 1 N–H and O–H groups in total. The Hall–Kier alpha value is -0.750. The molecule has 1 aliphatic heterocycles. The van der Waals surface area contributed by atoms with Crippen LogP contribution in [0.3, 0.4) is 0 Å². The molecule has 0 bridgehead atoms. The van der Waals surface area contributed by atoms with Gasteiger partial charge in [-0.15, -0.1) is 0 Å². The number of ether oxygens (including phenoxy) is 1. The van der Waals surface area contributed by atoms with Gasteiger partial charge in [-0.1, -0.05) is 0 Å². The van der Waals surface area contributed by atoms with Crippen molar-refractivity contribution in [3.63, 3.8) is 0 Å². The summed E-state index contributed by atoms with van der Waals surface area (Å²) in [7, 11) is 0. The third kappa shape index (κ3) is 2.15. The molecule has 2 aliphatic rings. The summed E-state index contributed by atoms with van der Waals surface area (Å²) < 4.78 is 31.9. The monoisotopic (exact) mass is 249 g/mol. The van der Waals surface area contributed by atoms with E-state index in [1.54, 1.807) is 0 Å². The van der Waals surface area contributed by atoms with Gasteiger partial charge in [0.2, 0.25) is 0 Å².